The van der Waals surface area contributed by atoms with E-state index in [1.165, 1.54) is 39.0 Å². The van der Waals surface area contributed by atoms with Crippen LogP contribution >= 0.6 is 0 Å². The molecule has 0 heteroatoms. The highest BCUT2D eigenvalue weighted by atomic mass is 14.5. The first-order valence-corrected chi connectivity index (χ1v) is 10.3. The molecule has 3 aromatic carbocycles. The summed E-state index contributed by atoms with van der Waals surface area (Å²) in [5, 5.41) is 0. The van der Waals surface area contributed by atoms with Crippen LogP contribution in [0.25, 0.3) is 5.57 Å². The number of hydrogen-bond donors (Lipinski definition) is 0. The summed E-state index contributed by atoms with van der Waals surface area (Å²) in [6.07, 6.45) is 5.84. The van der Waals surface area contributed by atoms with Gasteiger partial charge in [0, 0.05) is 0 Å². The van der Waals surface area contributed by atoms with Gasteiger partial charge in [-0.05, 0) is 59.6 Å². The van der Waals surface area contributed by atoms with Crippen molar-refractivity contribution in [3.8, 4) is 0 Å². The summed E-state index contributed by atoms with van der Waals surface area (Å²) in [7, 11) is 0. The molecule has 28 heavy (non-hydrogen) atoms. The monoisotopic (exact) mass is 362 g/mol. The summed E-state index contributed by atoms with van der Waals surface area (Å²) in [6, 6.07) is 27.4. The molecule has 0 saturated heterocycles. The van der Waals surface area contributed by atoms with Gasteiger partial charge in [-0.2, -0.15) is 0 Å². The molecule has 1 atom stereocenters. The van der Waals surface area contributed by atoms with Crippen LogP contribution in [0.3, 0.4) is 0 Å². The highest BCUT2D eigenvalue weighted by Crippen LogP contribution is 2.57. The Morgan fingerprint density at radius 1 is 0.750 bits per heavy atom. The maximum absolute atomic E-state index is 2.37. The third-order valence-electron chi connectivity index (χ3n) is 6.49. The van der Waals surface area contributed by atoms with Crippen LogP contribution in [0.2, 0.25) is 0 Å². The third-order valence-corrected chi connectivity index (χ3v) is 6.49. The second kappa shape index (κ2) is 6.34. The summed E-state index contributed by atoms with van der Waals surface area (Å²) < 4.78 is 0. The van der Waals surface area contributed by atoms with Crippen molar-refractivity contribution in [2.24, 2.45) is 5.92 Å². The van der Waals surface area contributed by atoms with Gasteiger partial charge in [-0.25, -0.2) is 0 Å². The fourth-order valence-electron chi connectivity index (χ4n) is 5.11. The number of fused-ring (bicyclic) bond motifs is 2. The van der Waals surface area contributed by atoms with E-state index >= 15 is 0 Å². The van der Waals surface area contributed by atoms with Crippen LogP contribution in [0.15, 0.2) is 90.5 Å². The van der Waals surface area contributed by atoms with Crippen LogP contribution in [0, 0.1) is 19.8 Å². The van der Waals surface area contributed by atoms with E-state index in [0.717, 1.165) is 6.42 Å². The lowest BCUT2D eigenvalue weighted by Gasteiger charge is -2.37. The molecule has 1 unspecified atom stereocenters. The van der Waals surface area contributed by atoms with Gasteiger partial charge in [0.05, 0.1) is 5.41 Å². The van der Waals surface area contributed by atoms with Crippen molar-refractivity contribution in [3.05, 3.63) is 124 Å². The minimum absolute atomic E-state index is 0.202. The molecule has 0 aromatic heterocycles. The molecule has 138 valence electrons. The van der Waals surface area contributed by atoms with Crippen LogP contribution < -0.4 is 0 Å². The quantitative estimate of drug-likeness (QED) is 0.460. The van der Waals surface area contributed by atoms with E-state index in [4.69, 9.17) is 0 Å². The molecule has 0 spiro atoms. The molecular weight excluding hydrogens is 336 g/mol. The lowest BCUT2D eigenvalue weighted by atomic mass is 9.64. The Morgan fingerprint density at radius 3 is 1.93 bits per heavy atom. The Bertz CT molecular complexity index is 1050. The van der Waals surface area contributed by atoms with Gasteiger partial charge in [0.15, 0.2) is 0 Å². The molecule has 0 heterocycles. The maximum Gasteiger partial charge on any atom is 0.0676 e. The van der Waals surface area contributed by atoms with Crippen molar-refractivity contribution in [1.82, 2.24) is 0 Å². The van der Waals surface area contributed by atoms with Gasteiger partial charge in [0.2, 0.25) is 0 Å². The van der Waals surface area contributed by atoms with Crippen LogP contribution in [0.4, 0.5) is 0 Å². The molecule has 0 radical (unpaired) electrons. The second-order valence-corrected chi connectivity index (χ2v) is 8.46. The van der Waals surface area contributed by atoms with Crippen molar-refractivity contribution in [2.75, 3.05) is 0 Å². The molecule has 2 aliphatic carbocycles. The zero-order valence-corrected chi connectivity index (χ0v) is 16.9. The third kappa shape index (κ3) is 2.37. The van der Waals surface area contributed by atoms with Crippen LogP contribution in [0.5, 0.6) is 0 Å². The number of allylic oxidation sites excluding steroid dienone is 4. The number of rotatable bonds is 2. The van der Waals surface area contributed by atoms with E-state index in [1.807, 2.05) is 0 Å². The van der Waals surface area contributed by atoms with Crippen molar-refractivity contribution in [1.29, 1.82) is 0 Å². The fraction of sp³-hybridized carbons (Fsp3) is 0.214. The Morgan fingerprint density at radius 2 is 1.32 bits per heavy atom. The van der Waals surface area contributed by atoms with Gasteiger partial charge in [-0.1, -0.05) is 103 Å². The highest BCUT2D eigenvalue weighted by molar-refractivity contribution is 5.90. The largest absolute Gasteiger partial charge is 0.0808 e. The molecule has 0 amide bonds. The van der Waals surface area contributed by atoms with E-state index in [0.29, 0.717) is 5.92 Å². The van der Waals surface area contributed by atoms with E-state index in [-0.39, 0.29) is 5.41 Å². The van der Waals surface area contributed by atoms with E-state index in [9.17, 15) is 0 Å². The van der Waals surface area contributed by atoms with Gasteiger partial charge in [0.1, 0.15) is 0 Å². The maximum atomic E-state index is 2.37. The summed E-state index contributed by atoms with van der Waals surface area (Å²) in [4.78, 5) is 0. The summed E-state index contributed by atoms with van der Waals surface area (Å²) >= 11 is 0. The molecule has 2 aliphatic rings. The summed E-state index contributed by atoms with van der Waals surface area (Å²) in [6.45, 7) is 6.67. The van der Waals surface area contributed by atoms with Crippen LogP contribution in [0.1, 0.15) is 46.7 Å². The van der Waals surface area contributed by atoms with Crippen molar-refractivity contribution >= 4 is 5.57 Å². The molecule has 0 fully saturated rings. The molecule has 0 saturated carbocycles. The van der Waals surface area contributed by atoms with Gasteiger partial charge in [0.25, 0.3) is 0 Å². The summed E-state index contributed by atoms with van der Waals surface area (Å²) in [5.74, 6) is 0.559. The van der Waals surface area contributed by atoms with E-state index in [1.54, 1.807) is 5.57 Å². The van der Waals surface area contributed by atoms with Gasteiger partial charge in [-0.15, -0.1) is 0 Å². The molecular formula is C28H26. The van der Waals surface area contributed by atoms with E-state index in [2.05, 4.69) is 106 Å². The SMILES string of the molecule is Cc1ccc(C2(c3ccc(C)cc3)C3=C(C=CC(C)C3)c3ccccc32)cc1. The number of aryl methyl sites for hydroxylation is 2. The molecule has 0 nitrogen and oxygen atoms in total. The standard InChI is InChI=1S/C28H26/c1-19-8-13-22(14-9-19)28(23-15-10-20(2)11-16-23)26-7-5-4-6-24(26)25-17-12-21(3)18-27(25)28/h4-17,21H,18H2,1-3H3. The Labute approximate surface area is 168 Å². The molecule has 3 aromatic rings. The highest BCUT2D eigenvalue weighted by Gasteiger charge is 2.47. The summed E-state index contributed by atoms with van der Waals surface area (Å²) in [5.41, 5.74) is 11.0. The average Bonchev–Trinajstić information content (AvgIpc) is 3.00. The van der Waals surface area contributed by atoms with Crippen molar-refractivity contribution < 1.29 is 0 Å². The normalized spacial score (nSPS) is 19.5. The Balaban J connectivity index is 1.90. The first kappa shape index (κ1) is 17.3. The zero-order chi connectivity index (χ0) is 19.3. The van der Waals surface area contributed by atoms with Crippen LogP contribution in [-0.4, -0.2) is 0 Å². The predicted molar refractivity (Wildman–Crippen MR) is 119 cm³/mol. The molecule has 0 N–H and O–H groups in total. The van der Waals surface area contributed by atoms with Gasteiger partial charge < -0.3 is 0 Å². The average molecular weight is 363 g/mol. The van der Waals surface area contributed by atoms with Gasteiger partial charge in [-0.3, -0.25) is 0 Å². The minimum atomic E-state index is -0.202. The minimum Gasteiger partial charge on any atom is -0.0808 e. The lowest BCUT2D eigenvalue weighted by molar-refractivity contribution is 0.622. The van der Waals surface area contributed by atoms with Crippen molar-refractivity contribution in [2.45, 2.75) is 32.6 Å². The molecule has 0 bridgehead atoms. The first-order chi connectivity index (χ1) is 13.6. The first-order valence-electron chi connectivity index (χ1n) is 10.3. The predicted octanol–water partition coefficient (Wildman–Crippen LogP) is 7.00. The Kier molecular flexibility index (Phi) is 3.91. The van der Waals surface area contributed by atoms with E-state index < -0.39 is 0 Å². The lowest BCUT2D eigenvalue weighted by Crippen LogP contribution is -2.31. The van der Waals surface area contributed by atoms with Crippen molar-refractivity contribution in [3.63, 3.8) is 0 Å². The number of benzene rings is 3. The molecule has 5 rings (SSSR count). The topological polar surface area (TPSA) is 0 Å². The zero-order valence-electron chi connectivity index (χ0n) is 16.9. The second-order valence-electron chi connectivity index (χ2n) is 8.46. The van der Waals surface area contributed by atoms with Crippen LogP contribution in [-0.2, 0) is 5.41 Å². The number of hydrogen-bond acceptors (Lipinski definition) is 0. The Hall–Kier alpha value is -2.86. The smallest absolute Gasteiger partial charge is 0.0676 e. The molecule has 0 aliphatic heterocycles. The fourth-order valence-corrected chi connectivity index (χ4v) is 5.11. The van der Waals surface area contributed by atoms with Gasteiger partial charge >= 0.3 is 0 Å².